The normalized spacial score (nSPS) is 10.9. The Labute approximate surface area is 137 Å². The van der Waals surface area contributed by atoms with Gasteiger partial charge in [-0.2, -0.15) is 0 Å². The Morgan fingerprint density at radius 1 is 0.696 bits per heavy atom. The van der Waals surface area contributed by atoms with Gasteiger partial charge < -0.3 is 28.4 Å². The molecule has 0 aliphatic carbocycles. The molecule has 9 nitrogen and oxygen atoms in total. The van der Waals surface area contributed by atoms with Crippen LogP contribution in [0.1, 0.15) is 6.42 Å². The van der Waals surface area contributed by atoms with E-state index in [4.69, 9.17) is 34.3 Å². The highest BCUT2D eigenvalue weighted by molar-refractivity contribution is 5.75. The standard InChI is InChI=1S/C14H30N2O7/c1-18-4-5-20-8-9-22-12-13-23-11-10-21-7-6-19-3-2-14(17)16-15/h2-13,15H2,1H3,(H,16,17). The van der Waals surface area contributed by atoms with Crippen LogP contribution in [0.4, 0.5) is 0 Å². The average Bonchev–Trinajstić information content (AvgIpc) is 2.57. The molecule has 0 aliphatic rings. The van der Waals surface area contributed by atoms with Crippen molar-refractivity contribution >= 4 is 5.91 Å². The van der Waals surface area contributed by atoms with Gasteiger partial charge in [-0.15, -0.1) is 0 Å². The van der Waals surface area contributed by atoms with Crippen molar-refractivity contribution in [3.05, 3.63) is 0 Å². The van der Waals surface area contributed by atoms with Gasteiger partial charge in [0.1, 0.15) is 0 Å². The van der Waals surface area contributed by atoms with Crippen molar-refractivity contribution in [3.63, 3.8) is 0 Å². The Morgan fingerprint density at radius 3 is 1.39 bits per heavy atom. The zero-order valence-corrected chi connectivity index (χ0v) is 13.9. The third-order valence-corrected chi connectivity index (χ3v) is 2.55. The minimum Gasteiger partial charge on any atom is -0.382 e. The summed E-state index contributed by atoms with van der Waals surface area (Å²) in [4.78, 5) is 10.8. The summed E-state index contributed by atoms with van der Waals surface area (Å²) in [7, 11) is 1.64. The number of hydrogen-bond acceptors (Lipinski definition) is 8. The number of ether oxygens (including phenoxy) is 6. The lowest BCUT2D eigenvalue weighted by Crippen LogP contribution is -2.30. The maximum absolute atomic E-state index is 10.8. The number of hydrogen-bond donors (Lipinski definition) is 2. The monoisotopic (exact) mass is 338 g/mol. The molecule has 0 aromatic carbocycles. The first-order chi connectivity index (χ1) is 11.3. The Morgan fingerprint density at radius 2 is 1.04 bits per heavy atom. The molecule has 0 rings (SSSR count). The maximum Gasteiger partial charge on any atom is 0.236 e. The number of nitrogens with two attached hydrogens (primary N) is 1. The summed E-state index contributed by atoms with van der Waals surface area (Å²) in [6, 6.07) is 0. The largest absolute Gasteiger partial charge is 0.382 e. The second kappa shape index (κ2) is 19.2. The molecule has 3 N–H and O–H groups in total. The zero-order valence-electron chi connectivity index (χ0n) is 13.9. The van der Waals surface area contributed by atoms with E-state index in [1.807, 2.05) is 5.43 Å². The molecule has 138 valence electrons. The predicted octanol–water partition coefficient (Wildman–Crippen LogP) is -0.904. The topological polar surface area (TPSA) is 111 Å². The maximum atomic E-state index is 10.8. The Kier molecular flexibility index (Phi) is 18.6. The van der Waals surface area contributed by atoms with Crippen LogP contribution in [-0.4, -0.2) is 85.7 Å². The average molecular weight is 338 g/mol. The van der Waals surface area contributed by atoms with Gasteiger partial charge in [-0.3, -0.25) is 10.2 Å². The fraction of sp³-hybridized carbons (Fsp3) is 0.929. The molecule has 0 heterocycles. The van der Waals surface area contributed by atoms with Gasteiger partial charge in [0.2, 0.25) is 5.91 Å². The van der Waals surface area contributed by atoms with E-state index in [0.717, 1.165) is 0 Å². The fourth-order valence-corrected chi connectivity index (χ4v) is 1.36. The minimum atomic E-state index is -0.247. The molecule has 0 aromatic rings. The first-order valence-electron chi connectivity index (χ1n) is 7.68. The smallest absolute Gasteiger partial charge is 0.236 e. The summed E-state index contributed by atoms with van der Waals surface area (Å²) >= 11 is 0. The highest BCUT2D eigenvalue weighted by atomic mass is 16.6. The summed E-state index contributed by atoms with van der Waals surface area (Å²) in [5, 5.41) is 0. The SMILES string of the molecule is COCCOCCOCCOCCOCCOCCC(=O)NN. The number of amides is 1. The highest BCUT2D eigenvalue weighted by Gasteiger charge is 1.97. The van der Waals surface area contributed by atoms with Gasteiger partial charge in [0.15, 0.2) is 0 Å². The Hall–Kier alpha value is -0.810. The van der Waals surface area contributed by atoms with Crippen molar-refractivity contribution in [3.8, 4) is 0 Å². The zero-order chi connectivity index (χ0) is 17.0. The van der Waals surface area contributed by atoms with E-state index in [2.05, 4.69) is 0 Å². The second-order valence-corrected chi connectivity index (χ2v) is 4.37. The Bertz CT molecular complexity index is 257. The van der Waals surface area contributed by atoms with E-state index < -0.39 is 0 Å². The van der Waals surface area contributed by atoms with Gasteiger partial charge in [0.25, 0.3) is 0 Å². The molecular formula is C14H30N2O7. The molecule has 23 heavy (non-hydrogen) atoms. The van der Waals surface area contributed by atoms with Gasteiger partial charge >= 0.3 is 0 Å². The van der Waals surface area contributed by atoms with Gasteiger partial charge in [0, 0.05) is 7.11 Å². The number of hydrazine groups is 1. The molecule has 0 unspecified atom stereocenters. The van der Waals surface area contributed by atoms with Crippen LogP contribution in [0.15, 0.2) is 0 Å². The van der Waals surface area contributed by atoms with Gasteiger partial charge in [0.05, 0.1) is 79.1 Å². The second-order valence-electron chi connectivity index (χ2n) is 4.37. The molecule has 0 spiro atoms. The summed E-state index contributed by atoms with van der Waals surface area (Å²) in [6.07, 6.45) is 0.247. The van der Waals surface area contributed by atoms with E-state index in [1.54, 1.807) is 7.11 Å². The fourth-order valence-electron chi connectivity index (χ4n) is 1.36. The minimum absolute atomic E-state index is 0.247. The third kappa shape index (κ3) is 19.1. The number of rotatable bonds is 18. The van der Waals surface area contributed by atoms with Crippen molar-refractivity contribution in [1.29, 1.82) is 0 Å². The van der Waals surface area contributed by atoms with Gasteiger partial charge in [-0.1, -0.05) is 0 Å². The highest BCUT2D eigenvalue weighted by Crippen LogP contribution is 1.85. The first kappa shape index (κ1) is 22.2. The molecule has 9 heteroatoms. The van der Waals surface area contributed by atoms with Crippen molar-refractivity contribution < 1.29 is 33.2 Å². The Balaban J connectivity index is 2.99. The number of nitrogens with one attached hydrogen (secondary N) is 1. The summed E-state index contributed by atoms with van der Waals surface area (Å²) < 4.78 is 31.2. The molecule has 0 saturated carbocycles. The third-order valence-electron chi connectivity index (χ3n) is 2.55. The molecule has 0 bridgehead atoms. The van der Waals surface area contributed by atoms with Gasteiger partial charge in [-0.25, -0.2) is 5.84 Å². The van der Waals surface area contributed by atoms with Crippen molar-refractivity contribution in [2.75, 3.05) is 79.8 Å². The van der Waals surface area contributed by atoms with Crippen LogP contribution in [0, 0.1) is 0 Å². The van der Waals surface area contributed by atoms with Crippen LogP contribution < -0.4 is 11.3 Å². The number of carbonyl (C=O) groups excluding carboxylic acids is 1. The molecule has 0 radical (unpaired) electrons. The van der Waals surface area contributed by atoms with Gasteiger partial charge in [-0.05, 0) is 0 Å². The first-order valence-corrected chi connectivity index (χ1v) is 7.68. The summed E-state index contributed by atoms with van der Waals surface area (Å²) in [5.41, 5.74) is 2.03. The number of carbonyl (C=O) groups is 1. The van der Waals surface area contributed by atoms with E-state index in [1.165, 1.54) is 0 Å². The van der Waals surface area contributed by atoms with E-state index in [-0.39, 0.29) is 12.3 Å². The molecule has 0 aromatic heterocycles. The molecular weight excluding hydrogens is 308 g/mol. The van der Waals surface area contributed by atoms with Crippen molar-refractivity contribution in [2.45, 2.75) is 6.42 Å². The van der Waals surface area contributed by atoms with E-state index in [9.17, 15) is 4.79 Å². The lowest BCUT2D eigenvalue weighted by Gasteiger charge is -2.07. The molecule has 0 fully saturated rings. The summed E-state index contributed by atoms with van der Waals surface area (Å²) in [6.45, 7) is 5.54. The molecule has 1 amide bonds. The lowest BCUT2D eigenvalue weighted by molar-refractivity contribution is -0.122. The summed E-state index contributed by atoms with van der Waals surface area (Å²) in [5.74, 6) is 4.68. The molecule has 0 saturated heterocycles. The molecule has 0 atom stereocenters. The van der Waals surface area contributed by atoms with Crippen molar-refractivity contribution in [1.82, 2.24) is 5.43 Å². The molecule has 0 aliphatic heterocycles. The van der Waals surface area contributed by atoms with Crippen LogP contribution in [-0.2, 0) is 33.2 Å². The van der Waals surface area contributed by atoms with Crippen LogP contribution in [0.3, 0.4) is 0 Å². The van der Waals surface area contributed by atoms with Crippen LogP contribution in [0.5, 0.6) is 0 Å². The number of methoxy groups -OCH3 is 1. The quantitative estimate of drug-likeness (QED) is 0.143. The van der Waals surface area contributed by atoms with Crippen molar-refractivity contribution in [2.24, 2.45) is 5.84 Å². The lowest BCUT2D eigenvalue weighted by atomic mass is 10.4. The van der Waals surface area contributed by atoms with Crippen LogP contribution in [0.25, 0.3) is 0 Å². The predicted molar refractivity (Wildman–Crippen MR) is 82.9 cm³/mol. The van der Waals surface area contributed by atoms with E-state index >= 15 is 0 Å². The van der Waals surface area contributed by atoms with Crippen LogP contribution >= 0.6 is 0 Å². The van der Waals surface area contributed by atoms with E-state index in [0.29, 0.717) is 72.7 Å². The van der Waals surface area contributed by atoms with Crippen LogP contribution in [0.2, 0.25) is 0 Å².